The minimum atomic E-state index is -1.14. The first-order valence-corrected chi connectivity index (χ1v) is 5.96. The predicted octanol–water partition coefficient (Wildman–Crippen LogP) is 0.876. The van der Waals surface area contributed by atoms with Gasteiger partial charge in [-0.15, -0.1) is 0 Å². The Kier molecular flexibility index (Phi) is 2.50. The van der Waals surface area contributed by atoms with E-state index in [-0.39, 0.29) is 17.3 Å². The van der Waals surface area contributed by atoms with Crippen LogP contribution < -0.4 is 10.6 Å². The minimum absolute atomic E-state index is 0.0136. The summed E-state index contributed by atoms with van der Waals surface area (Å²) in [5.74, 6) is -1.18. The number of nitrogen functional groups attached to an aromatic ring is 1. The minimum Gasteiger partial charge on any atom is -0.477 e. The number of nitrogens with two attached hydrogens (primary N) is 1. The molecule has 0 spiro atoms. The number of likely N-dealkylation sites (N-methyl/N-ethyl adjacent to an activating group) is 1. The highest BCUT2D eigenvalue weighted by atomic mass is 16.4. The van der Waals surface area contributed by atoms with E-state index in [2.05, 4.69) is 10.2 Å². The molecule has 0 saturated heterocycles. The second-order valence-electron chi connectivity index (χ2n) is 4.64. The Hall–Kier alpha value is -2.83. The first-order valence-electron chi connectivity index (χ1n) is 5.96. The molecule has 0 saturated carbocycles. The molecule has 0 radical (unpaired) electrons. The van der Waals surface area contributed by atoms with Crippen LogP contribution in [0.2, 0.25) is 0 Å². The fourth-order valence-corrected chi connectivity index (χ4v) is 2.41. The second kappa shape index (κ2) is 4.09. The summed E-state index contributed by atoms with van der Waals surface area (Å²) in [6.07, 6.45) is 0.311. The number of rotatable bonds is 2. The Morgan fingerprint density at radius 1 is 1.50 bits per heavy atom. The zero-order chi connectivity index (χ0) is 14.4. The number of amides is 1. The number of carboxylic acids is 1. The molecule has 2 aromatic rings. The van der Waals surface area contributed by atoms with Gasteiger partial charge in [0, 0.05) is 18.3 Å². The van der Waals surface area contributed by atoms with Crippen LogP contribution in [0.1, 0.15) is 15.9 Å². The lowest BCUT2D eigenvalue weighted by Crippen LogP contribution is -2.20. The molecule has 20 heavy (non-hydrogen) atoms. The maximum atomic E-state index is 11.6. The lowest BCUT2D eigenvalue weighted by molar-refractivity contribution is -0.117. The average molecular weight is 272 g/mol. The molecule has 1 amide bonds. The van der Waals surface area contributed by atoms with Crippen LogP contribution in [0, 0.1) is 0 Å². The summed E-state index contributed by atoms with van der Waals surface area (Å²) in [7, 11) is 1.71. The number of anilines is 2. The third-order valence-electron chi connectivity index (χ3n) is 3.45. The molecule has 0 aliphatic carbocycles. The van der Waals surface area contributed by atoms with E-state index in [1.165, 1.54) is 0 Å². The van der Waals surface area contributed by atoms with Gasteiger partial charge in [-0.25, -0.2) is 4.79 Å². The molecule has 3 rings (SSSR count). The van der Waals surface area contributed by atoms with Gasteiger partial charge in [0.15, 0.2) is 5.82 Å². The van der Waals surface area contributed by atoms with E-state index in [0.717, 1.165) is 11.3 Å². The van der Waals surface area contributed by atoms with Gasteiger partial charge < -0.3 is 15.7 Å². The number of benzene rings is 1. The van der Waals surface area contributed by atoms with Crippen molar-refractivity contribution in [3.8, 4) is 11.3 Å². The highest BCUT2D eigenvalue weighted by Gasteiger charge is 2.26. The van der Waals surface area contributed by atoms with Gasteiger partial charge >= 0.3 is 5.97 Å². The van der Waals surface area contributed by atoms with Crippen molar-refractivity contribution in [1.29, 1.82) is 0 Å². The van der Waals surface area contributed by atoms with Crippen molar-refractivity contribution in [2.24, 2.45) is 0 Å². The van der Waals surface area contributed by atoms with Crippen LogP contribution >= 0.6 is 0 Å². The van der Waals surface area contributed by atoms with E-state index < -0.39 is 5.97 Å². The molecule has 1 aromatic heterocycles. The summed E-state index contributed by atoms with van der Waals surface area (Å²) in [5.41, 5.74) is 8.19. The van der Waals surface area contributed by atoms with Crippen LogP contribution in [0.4, 0.5) is 11.5 Å². The number of aromatic amines is 1. The number of carbonyl (C=O) groups excluding carboxylic acids is 1. The van der Waals surface area contributed by atoms with E-state index in [1.54, 1.807) is 30.1 Å². The van der Waals surface area contributed by atoms with Crippen molar-refractivity contribution in [2.45, 2.75) is 6.42 Å². The molecular formula is C13H12N4O3. The van der Waals surface area contributed by atoms with Crippen molar-refractivity contribution in [3.63, 3.8) is 0 Å². The number of carbonyl (C=O) groups is 2. The summed E-state index contributed by atoms with van der Waals surface area (Å²) < 4.78 is 0. The van der Waals surface area contributed by atoms with E-state index in [4.69, 9.17) is 5.73 Å². The molecule has 0 unspecified atom stereocenters. The zero-order valence-corrected chi connectivity index (χ0v) is 10.7. The number of aromatic carboxylic acids is 1. The number of nitrogens with one attached hydrogen (secondary N) is 1. The monoisotopic (exact) mass is 272 g/mol. The third kappa shape index (κ3) is 1.63. The quantitative estimate of drug-likeness (QED) is 0.751. The summed E-state index contributed by atoms with van der Waals surface area (Å²) in [4.78, 5) is 24.4. The fourth-order valence-electron chi connectivity index (χ4n) is 2.41. The molecule has 2 heterocycles. The van der Waals surface area contributed by atoms with Crippen LogP contribution in [0.3, 0.4) is 0 Å². The van der Waals surface area contributed by atoms with Crippen molar-refractivity contribution in [2.75, 3.05) is 17.7 Å². The van der Waals surface area contributed by atoms with Crippen molar-refractivity contribution < 1.29 is 14.7 Å². The molecule has 1 aromatic carbocycles. The molecule has 1 aliphatic rings. The molecule has 0 fully saturated rings. The number of H-pyrrole nitrogens is 1. The van der Waals surface area contributed by atoms with Crippen molar-refractivity contribution in [3.05, 3.63) is 29.3 Å². The van der Waals surface area contributed by atoms with Crippen LogP contribution in [0.15, 0.2) is 18.2 Å². The second-order valence-corrected chi connectivity index (χ2v) is 4.64. The van der Waals surface area contributed by atoms with E-state index >= 15 is 0 Å². The van der Waals surface area contributed by atoms with Gasteiger partial charge in [-0.2, -0.15) is 5.10 Å². The number of hydrogen-bond donors (Lipinski definition) is 3. The lowest BCUT2D eigenvalue weighted by atomic mass is 10.0. The Morgan fingerprint density at radius 2 is 2.25 bits per heavy atom. The summed E-state index contributed by atoms with van der Waals surface area (Å²) in [6, 6.07) is 5.32. The van der Waals surface area contributed by atoms with Crippen LogP contribution in [0.25, 0.3) is 11.3 Å². The highest BCUT2D eigenvalue weighted by molar-refractivity contribution is 6.03. The molecule has 4 N–H and O–H groups in total. The SMILES string of the molecule is CN1C(=O)Cc2cc(-c3[nH]nc(N)c3C(=O)O)ccc21. The average Bonchev–Trinajstić information content (AvgIpc) is 2.91. The molecule has 0 atom stereocenters. The van der Waals surface area contributed by atoms with E-state index in [9.17, 15) is 14.7 Å². The smallest absolute Gasteiger partial charge is 0.341 e. The number of hydrogen-bond acceptors (Lipinski definition) is 4. The van der Waals surface area contributed by atoms with Gasteiger partial charge in [0.2, 0.25) is 5.91 Å². The predicted molar refractivity (Wildman–Crippen MR) is 72.5 cm³/mol. The number of carboxylic acid groups (broad SMARTS) is 1. The first-order chi connectivity index (χ1) is 9.49. The first kappa shape index (κ1) is 12.2. The van der Waals surface area contributed by atoms with Crippen LogP contribution in [-0.4, -0.2) is 34.2 Å². The normalized spacial score (nSPS) is 13.7. The Morgan fingerprint density at radius 3 is 2.95 bits per heavy atom. The molecule has 7 nitrogen and oxygen atoms in total. The van der Waals surface area contributed by atoms with Gasteiger partial charge in [0.05, 0.1) is 12.1 Å². The molecule has 0 bridgehead atoms. The molecule has 102 valence electrons. The maximum absolute atomic E-state index is 11.6. The van der Waals surface area contributed by atoms with Crippen molar-refractivity contribution >= 4 is 23.4 Å². The third-order valence-corrected chi connectivity index (χ3v) is 3.45. The fraction of sp³-hybridized carbons (Fsp3) is 0.154. The number of fused-ring (bicyclic) bond motifs is 1. The van der Waals surface area contributed by atoms with Crippen molar-refractivity contribution in [1.82, 2.24) is 10.2 Å². The largest absolute Gasteiger partial charge is 0.477 e. The summed E-state index contributed by atoms with van der Waals surface area (Å²) in [6.45, 7) is 0. The Labute approximate surface area is 114 Å². The van der Waals surface area contributed by atoms with Gasteiger partial charge in [-0.3, -0.25) is 9.89 Å². The Balaban J connectivity index is 2.12. The van der Waals surface area contributed by atoms with Gasteiger partial charge in [0.25, 0.3) is 0 Å². The molecule has 7 heteroatoms. The lowest BCUT2D eigenvalue weighted by Gasteiger charge is -2.10. The zero-order valence-electron chi connectivity index (χ0n) is 10.7. The van der Waals surface area contributed by atoms with Gasteiger partial charge in [0.1, 0.15) is 5.56 Å². The maximum Gasteiger partial charge on any atom is 0.341 e. The topological polar surface area (TPSA) is 112 Å². The highest BCUT2D eigenvalue weighted by Crippen LogP contribution is 2.33. The standard InChI is InChI=1S/C13H12N4O3/c1-17-8-3-2-6(4-7(8)5-9(17)18)11-10(13(19)20)12(14)16-15-11/h2-4H,5H2,1H3,(H,19,20)(H3,14,15,16). The van der Waals surface area contributed by atoms with Crippen LogP contribution in [0.5, 0.6) is 0 Å². The van der Waals surface area contributed by atoms with Crippen LogP contribution in [-0.2, 0) is 11.2 Å². The molecular weight excluding hydrogens is 260 g/mol. The Bertz CT molecular complexity index is 735. The van der Waals surface area contributed by atoms with Gasteiger partial charge in [-0.05, 0) is 17.7 Å². The number of nitrogens with zero attached hydrogens (tertiary/aromatic N) is 2. The van der Waals surface area contributed by atoms with E-state index in [1.807, 2.05) is 0 Å². The summed E-state index contributed by atoms with van der Waals surface area (Å²) in [5, 5.41) is 15.5. The number of aromatic nitrogens is 2. The summed E-state index contributed by atoms with van der Waals surface area (Å²) >= 11 is 0. The molecule has 1 aliphatic heterocycles. The van der Waals surface area contributed by atoms with Gasteiger partial charge in [-0.1, -0.05) is 6.07 Å². The van der Waals surface area contributed by atoms with E-state index in [0.29, 0.717) is 17.7 Å².